The Hall–Kier alpha value is -3.74. The Bertz CT molecular complexity index is 1250. The van der Waals surface area contributed by atoms with Gasteiger partial charge < -0.3 is 5.32 Å². The third kappa shape index (κ3) is 3.20. The van der Waals surface area contributed by atoms with E-state index in [2.05, 4.69) is 63.0 Å². The van der Waals surface area contributed by atoms with Gasteiger partial charge in [0.25, 0.3) is 0 Å². The first-order chi connectivity index (χ1) is 14.2. The first kappa shape index (κ1) is 17.4. The monoisotopic (exact) mass is 383 g/mol. The van der Waals surface area contributed by atoms with E-state index in [1.807, 2.05) is 32.3 Å². The van der Waals surface area contributed by atoms with E-state index in [-0.39, 0.29) is 0 Å². The zero-order chi connectivity index (χ0) is 19.8. The average Bonchev–Trinajstić information content (AvgIpc) is 3.30. The van der Waals surface area contributed by atoms with Gasteiger partial charge in [0, 0.05) is 37.0 Å². The molecule has 5 rings (SSSR count). The average molecular weight is 383 g/mol. The molecule has 1 unspecified atom stereocenters. The highest BCUT2D eigenvalue weighted by Gasteiger charge is 2.18. The first-order valence-corrected chi connectivity index (χ1v) is 9.61. The summed E-state index contributed by atoms with van der Waals surface area (Å²) in [6.07, 6.45) is 13.2. The summed E-state index contributed by atoms with van der Waals surface area (Å²) in [5.41, 5.74) is 4.81. The molecule has 0 fully saturated rings. The van der Waals surface area contributed by atoms with Crippen LogP contribution in [0.3, 0.4) is 0 Å². The van der Waals surface area contributed by atoms with Gasteiger partial charge in [-0.05, 0) is 18.9 Å². The van der Waals surface area contributed by atoms with E-state index in [4.69, 9.17) is 4.98 Å². The lowest BCUT2D eigenvalue weighted by atomic mass is 9.88. The second-order valence-electron chi connectivity index (χ2n) is 7.14. The van der Waals surface area contributed by atoms with Crippen LogP contribution >= 0.6 is 0 Å². The lowest BCUT2D eigenvalue weighted by Crippen LogP contribution is -2.01. The van der Waals surface area contributed by atoms with Gasteiger partial charge in [0.2, 0.25) is 5.95 Å². The molecule has 0 radical (unpaired) electrons. The van der Waals surface area contributed by atoms with Crippen LogP contribution in [0.2, 0.25) is 0 Å². The number of benzene rings is 1. The molecule has 0 saturated heterocycles. The van der Waals surface area contributed by atoms with Gasteiger partial charge in [-0.15, -0.1) is 5.10 Å². The lowest BCUT2D eigenvalue weighted by Gasteiger charge is -2.17. The second kappa shape index (κ2) is 7.01. The van der Waals surface area contributed by atoms with Crippen LogP contribution in [0.15, 0.2) is 67.0 Å². The van der Waals surface area contributed by atoms with Gasteiger partial charge >= 0.3 is 0 Å². The van der Waals surface area contributed by atoms with Gasteiger partial charge in [-0.3, -0.25) is 9.67 Å². The fraction of sp³-hybridized carbons (Fsp3) is 0.182. The van der Waals surface area contributed by atoms with E-state index in [0.717, 1.165) is 34.8 Å². The van der Waals surface area contributed by atoms with Crippen molar-refractivity contribution in [2.45, 2.75) is 19.3 Å². The molecule has 1 aliphatic rings. The van der Waals surface area contributed by atoms with Crippen LogP contribution in [-0.2, 0) is 7.05 Å². The summed E-state index contributed by atoms with van der Waals surface area (Å²) in [6, 6.07) is 10.4. The number of anilines is 2. The Labute approximate surface area is 168 Å². The molecule has 0 amide bonds. The standard InChI is InChI=1S/C22H21N7/c1-15-14-19(28(2)26-15)24-22-25-21-20(23-12-13-29(21)27-22)18-11-7-6-10-17(18)16-8-4-3-5-9-16/h3-8,10-14,16H,9H2,1-2H3,(H,24,27). The van der Waals surface area contributed by atoms with Gasteiger partial charge in [-0.2, -0.15) is 10.1 Å². The number of aryl methyl sites for hydroxylation is 2. The molecule has 3 aromatic heterocycles. The highest BCUT2D eigenvalue weighted by atomic mass is 15.4. The molecule has 4 aromatic rings. The molecule has 144 valence electrons. The maximum absolute atomic E-state index is 4.73. The number of rotatable bonds is 4. The van der Waals surface area contributed by atoms with Crippen molar-refractivity contribution in [2.75, 3.05) is 5.32 Å². The van der Waals surface area contributed by atoms with E-state index in [0.29, 0.717) is 11.9 Å². The number of fused-ring (bicyclic) bond motifs is 1. The van der Waals surface area contributed by atoms with Crippen LogP contribution in [0.4, 0.5) is 11.8 Å². The fourth-order valence-corrected chi connectivity index (χ4v) is 3.75. The lowest BCUT2D eigenvalue weighted by molar-refractivity contribution is 0.763. The zero-order valence-corrected chi connectivity index (χ0v) is 16.3. The third-order valence-electron chi connectivity index (χ3n) is 5.09. The largest absolute Gasteiger partial charge is 0.308 e. The predicted molar refractivity (Wildman–Crippen MR) is 113 cm³/mol. The molecule has 0 aliphatic heterocycles. The maximum Gasteiger partial charge on any atom is 0.248 e. The van der Waals surface area contributed by atoms with Gasteiger partial charge in [0.1, 0.15) is 11.5 Å². The molecule has 0 spiro atoms. The molecule has 7 nitrogen and oxygen atoms in total. The highest BCUT2D eigenvalue weighted by molar-refractivity contribution is 5.77. The summed E-state index contributed by atoms with van der Waals surface area (Å²) >= 11 is 0. The number of hydrogen-bond acceptors (Lipinski definition) is 5. The molecular formula is C22H21N7. The Morgan fingerprint density at radius 2 is 2.03 bits per heavy atom. The van der Waals surface area contributed by atoms with Crippen LogP contribution in [-0.4, -0.2) is 29.4 Å². The smallest absolute Gasteiger partial charge is 0.248 e. The fourth-order valence-electron chi connectivity index (χ4n) is 3.75. The topological polar surface area (TPSA) is 72.9 Å². The Kier molecular flexibility index (Phi) is 4.20. The summed E-state index contributed by atoms with van der Waals surface area (Å²) in [4.78, 5) is 9.39. The van der Waals surface area contributed by atoms with Crippen LogP contribution < -0.4 is 5.32 Å². The van der Waals surface area contributed by atoms with Crippen molar-refractivity contribution in [3.63, 3.8) is 0 Å². The number of nitrogens with zero attached hydrogens (tertiary/aromatic N) is 6. The SMILES string of the molecule is Cc1cc(Nc2nc3c(-c4ccccc4C4C=CC=CC4)nccn3n2)n(C)n1. The number of aromatic nitrogens is 6. The summed E-state index contributed by atoms with van der Waals surface area (Å²) in [5, 5.41) is 12.2. The third-order valence-corrected chi connectivity index (χ3v) is 5.09. The molecule has 1 atom stereocenters. The quantitative estimate of drug-likeness (QED) is 0.572. The second-order valence-corrected chi connectivity index (χ2v) is 7.14. The minimum absolute atomic E-state index is 0.330. The van der Waals surface area contributed by atoms with Crippen molar-refractivity contribution in [3.8, 4) is 11.3 Å². The normalized spacial score (nSPS) is 15.9. The molecule has 1 N–H and O–H groups in total. The van der Waals surface area contributed by atoms with Crippen molar-refractivity contribution < 1.29 is 0 Å². The molecule has 3 heterocycles. The van der Waals surface area contributed by atoms with Gasteiger partial charge in [0.15, 0.2) is 5.65 Å². The van der Waals surface area contributed by atoms with Crippen molar-refractivity contribution in [1.82, 2.24) is 29.4 Å². The number of allylic oxidation sites excluding steroid dienone is 4. The van der Waals surface area contributed by atoms with Crippen molar-refractivity contribution in [2.24, 2.45) is 7.05 Å². The minimum atomic E-state index is 0.330. The van der Waals surface area contributed by atoms with Crippen molar-refractivity contribution in [3.05, 3.63) is 78.3 Å². The van der Waals surface area contributed by atoms with Crippen LogP contribution in [0, 0.1) is 6.92 Å². The number of nitrogens with one attached hydrogen (secondary N) is 1. The van der Waals surface area contributed by atoms with E-state index >= 15 is 0 Å². The van der Waals surface area contributed by atoms with E-state index in [1.54, 1.807) is 15.4 Å². The van der Waals surface area contributed by atoms with Gasteiger partial charge in [0.05, 0.1) is 5.69 Å². The van der Waals surface area contributed by atoms with Gasteiger partial charge in [-0.1, -0.05) is 48.6 Å². The maximum atomic E-state index is 4.73. The Balaban J connectivity index is 1.58. The predicted octanol–water partition coefficient (Wildman–Crippen LogP) is 4.18. The van der Waals surface area contributed by atoms with Crippen LogP contribution in [0.1, 0.15) is 23.6 Å². The highest BCUT2D eigenvalue weighted by Crippen LogP contribution is 2.34. The summed E-state index contributed by atoms with van der Waals surface area (Å²) in [5.74, 6) is 1.68. The summed E-state index contributed by atoms with van der Waals surface area (Å²) in [7, 11) is 1.89. The summed E-state index contributed by atoms with van der Waals surface area (Å²) in [6.45, 7) is 1.95. The minimum Gasteiger partial charge on any atom is -0.308 e. The van der Waals surface area contributed by atoms with E-state index in [9.17, 15) is 0 Å². The molecule has 1 aromatic carbocycles. The molecule has 29 heavy (non-hydrogen) atoms. The van der Waals surface area contributed by atoms with Crippen molar-refractivity contribution >= 4 is 17.4 Å². The van der Waals surface area contributed by atoms with E-state index in [1.165, 1.54) is 5.56 Å². The molecule has 7 heteroatoms. The molecule has 0 bridgehead atoms. The van der Waals surface area contributed by atoms with Crippen molar-refractivity contribution in [1.29, 1.82) is 0 Å². The zero-order valence-electron chi connectivity index (χ0n) is 16.3. The molecule has 1 aliphatic carbocycles. The Morgan fingerprint density at radius 1 is 1.14 bits per heavy atom. The van der Waals surface area contributed by atoms with Crippen LogP contribution in [0.5, 0.6) is 0 Å². The summed E-state index contributed by atoms with van der Waals surface area (Å²) < 4.78 is 3.54. The molecular weight excluding hydrogens is 362 g/mol. The van der Waals surface area contributed by atoms with Crippen LogP contribution in [0.25, 0.3) is 16.9 Å². The molecule has 0 saturated carbocycles. The van der Waals surface area contributed by atoms with Gasteiger partial charge in [-0.25, -0.2) is 4.52 Å². The van der Waals surface area contributed by atoms with E-state index < -0.39 is 0 Å². The first-order valence-electron chi connectivity index (χ1n) is 9.61. The Morgan fingerprint density at radius 3 is 2.83 bits per heavy atom. The number of hydrogen-bond donors (Lipinski definition) is 1.